The molecule has 2 aromatic rings. The van der Waals surface area contributed by atoms with E-state index in [1.165, 1.54) is 0 Å². The van der Waals surface area contributed by atoms with Gasteiger partial charge in [-0.3, -0.25) is 9.59 Å². The van der Waals surface area contributed by atoms with Crippen LogP contribution in [0.25, 0.3) is 0 Å². The molecule has 2 aromatic carbocycles. The first kappa shape index (κ1) is 16.6. The van der Waals surface area contributed by atoms with Gasteiger partial charge in [-0.05, 0) is 36.8 Å². The SMILES string of the molecule is CCC1(Cc2ccccc2)C(=O)C(CC)(Cc2ccccc2)C1=O. The van der Waals surface area contributed by atoms with Crippen molar-refractivity contribution in [1.82, 2.24) is 0 Å². The van der Waals surface area contributed by atoms with Gasteiger partial charge in [-0.15, -0.1) is 0 Å². The summed E-state index contributed by atoms with van der Waals surface area (Å²) < 4.78 is 0. The Morgan fingerprint density at radius 2 is 0.958 bits per heavy atom. The summed E-state index contributed by atoms with van der Waals surface area (Å²) in [5, 5.41) is 0. The highest BCUT2D eigenvalue weighted by Gasteiger charge is 2.68. The first-order chi connectivity index (χ1) is 11.6. The number of benzene rings is 2. The number of carbonyl (C=O) groups excluding carboxylic acids is 2. The number of carbonyl (C=O) groups is 2. The van der Waals surface area contributed by atoms with E-state index < -0.39 is 10.8 Å². The van der Waals surface area contributed by atoms with Crippen molar-refractivity contribution in [3.63, 3.8) is 0 Å². The van der Waals surface area contributed by atoms with Crippen LogP contribution in [0.2, 0.25) is 0 Å². The van der Waals surface area contributed by atoms with E-state index in [2.05, 4.69) is 0 Å². The molecule has 0 unspecified atom stereocenters. The second-order valence-electron chi connectivity index (χ2n) is 6.85. The standard InChI is InChI=1S/C22H24O2/c1-3-21(15-17-11-7-5-8-12-17)19(23)22(4-2,20(21)24)16-18-13-9-6-10-14-18/h5-14H,3-4,15-16H2,1-2H3. The second kappa shape index (κ2) is 6.35. The summed E-state index contributed by atoms with van der Waals surface area (Å²) in [5.41, 5.74) is 0.467. The van der Waals surface area contributed by atoms with Gasteiger partial charge >= 0.3 is 0 Å². The fourth-order valence-electron chi connectivity index (χ4n) is 4.16. The minimum atomic E-state index is -0.827. The maximum absolute atomic E-state index is 13.3. The summed E-state index contributed by atoms with van der Waals surface area (Å²) in [4.78, 5) is 26.5. The fourth-order valence-corrected chi connectivity index (χ4v) is 4.16. The van der Waals surface area contributed by atoms with Crippen molar-refractivity contribution in [3.05, 3.63) is 71.8 Å². The quantitative estimate of drug-likeness (QED) is 0.739. The minimum absolute atomic E-state index is 0.137. The topological polar surface area (TPSA) is 34.1 Å². The van der Waals surface area contributed by atoms with Crippen LogP contribution in [0, 0.1) is 10.8 Å². The van der Waals surface area contributed by atoms with Crippen LogP contribution in [0.1, 0.15) is 37.8 Å². The molecule has 1 fully saturated rings. The van der Waals surface area contributed by atoms with Crippen LogP contribution in [0.5, 0.6) is 0 Å². The van der Waals surface area contributed by atoms with Gasteiger partial charge in [-0.25, -0.2) is 0 Å². The van der Waals surface area contributed by atoms with Crippen molar-refractivity contribution < 1.29 is 9.59 Å². The third-order valence-corrected chi connectivity index (χ3v) is 5.64. The number of hydrogen-bond acceptors (Lipinski definition) is 2. The molecule has 24 heavy (non-hydrogen) atoms. The van der Waals surface area contributed by atoms with Crippen molar-refractivity contribution in [2.24, 2.45) is 10.8 Å². The molecule has 0 amide bonds. The molecule has 124 valence electrons. The summed E-state index contributed by atoms with van der Waals surface area (Å²) in [7, 11) is 0. The fraction of sp³-hybridized carbons (Fsp3) is 0.364. The van der Waals surface area contributed by atoms with E-state index in [0.29, 0.717) is 25.7 Å². The molecular weight excluding hydrogens is 296 g/mol. The lowest BCUT2D eigenvalue weighted by Gasteiger charge is -2.52. The summed E-state index contributed by atoms with van der Waals surface area (Å²) in [5.74, 6) is 0.274. The number of hydrogen-bond donors (Lipinski definition) is 0. The highest BCUT2D eigenvalue weighted by molar-refractivity contribution is 6.31. The van der Waals surface area contributed by atoms with Crippen molar-refractivity contribution in [2.75, 3.05) is 0 Å². The lowest BCUT2D eigenvalue weighted by atomic mass is 9.45. The molecule has 0 heterocycles. The summed E-state index contributed by atoms with van der Waals surface area (Å²) >= 11 is 0. The maximum atomic E-state index is 13.3. The average molecular weight is 320 g/mol. The monoisotopic (exact) mass is 320 g/mol. The van der Waals surface area contributed by atoms with Crippen LogP contribution in [0.4, 0.5) is 0 Å². The highest BCUT2D eigenvalue weighted by atomic mass is 16.2. The molecular formula is C22H24O2. The number of Topliss-reactive ketones (excluding diaryl/α,β-unsaturated/α-hetero) is 2. The Kier molecular flexibility index (Phi) is 4.40. The van der Waals surface area contributed by atoms with Crippen LogP contribution in [-0.4, -0.2) is 11.6 Å². The van der Waals surface area contributed by atoms with Crippen molar-refractivity contribution in [3.8, 4) is 0 Å². The molecule has 2 heteroatoms. The molecule has 0 aromatic heterocycles. The van der Waals surface area contributed by atoms with E-state index in [1.54, 1.807) is 0 Å². The molecule has 1 aliphatic rings. The molecule has 0 aliphatic heterocycles. The molecule has 1 saturated carbocycles. The lowest BCUT2D eigenvalue weighted by Crippen LogP contribution is -2.68. The van der Waals surface area contributed by atoms with Gasteiger partial charge in [-0.2, -0.15) is 0 Å². The molecule has 0 N–H and O–H groups in total. The van der Waals surface area contributed by atoms with Gasteiger partial charge in [0.25, 0.3) is 0 Å². The lowest BCUT2D eigenvalue weighted by molar-refractivity contribution is -0.172. The third kappa shape index (κ3) is 2.41. The van der Waals surface area contributed by atoms with E-state index >= 15 is 0 Å². The molecule has 2 nitrogen and oxygen atoms in total. The van der Waals surface area contributed by atoms with Crippen molar-refractivity contribution in [2.45, 2.75) is 39.5 Å². The molecule has 3 rings (SSSR count). The Labute approximate surface area is 143 Å². The minimum Gasteiger partial charge on any atom is -0.297 e. The first-order valence-corrected chi connectivity index (χ1v) is 8.77. The number of ketones is 2. The van der Waals surface area contributed by atoms with Crippen molar-refractivity contribution >= 4 is 11.6 Å². The molecule has 1 aliphatic carbocycles. The van der Waals surface area contributed by atoms with Gasteiger partial charge in [0, 0.05) is 0 Å². The third-order valence-electron chi connectivity index (χ3n) is 5.64. The molecule has 0 bridgehead atoms. The van der Waals surface area contributed by atoms with Gasteiger partial charge in [0.15, 0.2) is 11.6 Å². The van der Waals surface area contributed by atoms with Gasteiger partial charge in [0.05, 0.1) is 10.8 Å². The summed E-state index contributed by atoms with van der Waals surface area (Å²) in [6, 6.07) is 19.8. The predicted molar refractivity (Wildman–Crippen MR) is 95.8 cm³/mol. The Hall–Kier alpha value is -2.22. The molecule has 0 saturated heterocycles. The van der Waals surface area contributed by atoms with Crippen molar-refractivity contribution in [1.29, 1.82) is 0 Å². The zero-order chi connectivity index (χ0) is 17.2. The van der Waals surface area contributed by atoms with Crippen LogP contribution >= 0.6 is 0 Å². The Balaban J connectivity index is 1.90. The zero-order valence-corrected chi connectivity index (χ0v) is 14.4. The van der Waals surface area contributed by atoms with Gasteiger partial charge in [-0.1, -0.05) is 74.5 Å². The Bertz CT molecular complexity index is 654. The number of rotatable bonds is 6. The van der Waals surface area contributed by atoms with Crippen LogP contribution in [-0.2, 0) is 22.4 Å². The molecule has 0 atom stereocenters. The normalized spacial score (nSPS) is 26.2. The van der Waals surface area contributed by atoms with E-state index in [4.69, 9.17) is 0 Å². The maximum Gasteiger partial charge on any atom is 0.160 e. The Morgan fingerprint density at radius 1 is 0.625 bits per heavy atom. The first-order valence-electron chi connectivity index (χ1n) is 8.77. The summed E-state index contributed by atoms with van der Waals surface area (Å²) in [6.45, 7) is 3.92. The molecule has 0 radical (unpaired) electrons. The van der Waals surface area contributed by atoms with Crippen LogP contribution in [0.3, 0.4) is 0 Å². The van der Waals surface area contributed by atoms with Gasteiger partial charge in [0.1, 0.15) is 0 Å². The van der Waals surface area contributed by atoms with E-state index in [0.717, 1.165) is 11.1 Å². The highest BCUT2D eigenvalue weighted by Crippen LogP contribution is 2.54. The van der Waals surface area contributed by atoms with E-state index in [1.807, 2.05) is 74.5 Å². The predicted octanol–water partition coefficient (Wildman–Crippen LogP) is 4.42. The van der Waals surface area contributed by atoms with E-state index in [9.17, 15) is 9.59 Å². The van der Waals surface area contributed by atoms with Crippen LogP contribution < -0.4 is 0 Å². The van der Waals surface area contributed by atoms with Gasteiger partial charge in [0.2, 0.25) is 0 Å². The van der Waals surface area contributed by atoms with Gasteiger partial charge < -0.3 is 0 Å². The Morgan fingerprint density at radius 3 is 1.25 bits per heavy atom. The zero-order valence-electron chi connectivity index (χ0n) is 14.4. The smallest absolute Gasteiger partial charge is 0.160 e. The van der Waals surface area contributed by atoms with Crippen LogP contribution in [0.15, 0.2) is 60.7 Å². The summed E-state index contributed by atoms with van der Waals surface area (Å²) in [6.07, 6.45) is 2.21. The molecule has 0 spiro atoms. The average Bonchev–Trinajstić information content (AvgIpc) is 2.65. The van der Waals surface area contributed by atoms with E-state index in [-0.39, 0.29) is 11.6 Å². The largest absolute Gasteiger partial charge is 0.297 e. The second-order valence-corrected chi connectivity index (χ2v) is 6.85.